The van der Waals surface area contributed by atoms with Gasteiger partial charge in [0.05, 0.1) is 14.2 Å². The number of carbonyl (C=O) groups is 3. The number of ether oxygens (including phenoxy) is 5. The summed E-state index contributed by atoms with van der Waals surface area (Å²) in [5.74, 6) is -0.210. The lowest BCUT2D eigenvalue weighted by molar-refractivity contribution is -0.143. The number of benzene rings is 1. The minimum atomic E-state index is -0.979. The fourth-order valence-electron chi connectivity index (χ4n) is 2.30. The lowest BCUT2D eigenvalue weighted by atomic mass is 10.1. The normalized spacial score (nSPS) is 12.4. The molecular formula is C21H31NO8. The zero-order valence-corrected chi connectivity index (χ0v) is 18.8. The van der Waals surface area contributed by atoms with Gasteiger partial charge in [-0.2, -0.15) is 0 Å². The largest absolute Gasteiger partial charge is 0.514 e. The molecule has 30 heavy (non-hydrogen) atoms. The molecule has 0 saturated heterocycles. The van der Waals surface area contributed by atoms with Crippen molar-refractivity contribution in [2.75, 3.05) is 14.2 Å². The molecule has 1 atom stereocenters. The predicted octanol–water partition coefficient (Wildman–Crippen LogP) is 3.62. The van der Waals surface area contributed by atoms with Crippen LogP contribution in [0.4, 0.5) is 9.59 Å². The summed E-state index contributed by atoms with van der Waals surface area (Å²) in [4.78, 5) is 36.1. The molecule has 0 spiro atoms. The van der Waals surface area contributed by atoms with Crippen molar-refractivity contribution in [3.63, 3.8) is 0 Å². The number of alkyl carbamates (subject to hydrolysis) is 1. The quantitative estimate of drug-likeness (QED) is 0.418. The highest BCUT2D eigenvalue weighted by Crippen LogP contribution is 2.29. The predicted molar refractivity (Wildman–Crippen MR) is 109 cm³/mol. The average molecular weight is 425 g/mol. The van der Waals surface area contributed by atoms with Crippen molar-refractivity contribution in [2.45, 2.75) is 65.2 Å². The lowest BCUT2D eigenvalue weighted by Gasteiger charge is -2.23. The Morgan fingerprint density at radius 2 is 1.53 bits per heavy atom. The smallest absolute Gasteiger partial charge is 0.493 e. The number of methoxy groups -OCH3 is 2. The third-order valence-corrected chi connectivity index (χ3v) is 3.43. The Morgan fingerprint density at radius 1 is 0.933 bits per heavy atom. The van der Waals surface area contributed by atoms with Crippen LogP contribution < -0.4 is 14.8 Å². The van der Waals surface area contributed by atoms with Crippen LogP contribution in [-0.2, 0) is 25.4 Å². The number of amides is 1. The third-order valence-electron chi connectivity index (χ3n) is 3.43. The van der Waals surface area contributed by atoms with Gasteiger partial charge in [0.1, 0.15) is 17.2 Å². The summed E-state index contributed by atoms with van der Waals surface area (Å²) in [6.07, 6.45) is -1.50. The van der Waals surface area contributed by atoms with Gasteiger partial charge >= 0.3 is 18.2 Å². The van der Waals surface area contributed by atoms with E-state index in [9.17, 15) is 14.4 Å². The van der Waals surface area contributed by atoms with Crippen LogP contribution >= 0.6 is 0 Å². The Hall–Kier alpha value is -2.97. The monoisotopic (exact) mass is 425 g/mol. The molecule has 0 radical (unpaired) electrons. The molecule has 0 heterocycles. The van der Waals surface area contributed by atoms with Gasteiger partial charge in [-0.05, 0) is 59.2 Å². The van der Waals surface area contributed by atoms with E-state index in [1.54, 1.807) is 53.7 Å². The molecule has 1 aromatic carbocycles. The summed E-state index contributed by atoms with van der Waals surface area (Å²) >= 11 is 0. The van der Waals surface area contributed by atoms with Crippen molar-refractivity contribution in [1.82, 2.24) is 5.32 Å². The molecule has 1 rings (SSSR count). The molecule has 0 aliphatic rings. The molecule has 1 N–H and O–H groups in total. The van der Waals surface area contributed by atoms with Crippen LogP contribution in [0.25, 0.3) is 0 Å². The van der Waals surface area contributed by atoms with E-state index in [-0.39, 0.29) is 17.9 Å². The second-order valence-corrected chi connectivity index (χ2v) is 8.48. The Kier molecular flexibility index (Phi) is 8.50. The second kappa shape index (κ2) is 10.2. The summed E-state index contributed by atoms with van der Waals surface area (Å²) in [6, 6.07) is 3.76. The van der Waals surface area contributed by atoms with Gasteiger partial charge in [-0.1, -0.05) is 6.07 Å². The molecule has 0 aliphatic heterocycles. The molecule has 0 fully saturated rings. The first-order valence-corrected chi connectivity index (χ1v) is 9.39. The average Bonchev–Trinajstić information content (AvgIpc) is 2.58. The van der Waals surface area contributed by atoms with Gasteiger partial charge < -0.3 is 29.0 Å². The molecule has 168 valence electrons. The summed E-state index contributed by atoms with van der Waals surface area (Å²) in [6.45, 7) is 10.3. The molecule has 0 bridgehead atoms. The van der Waals surface area contributed by atoms with E-state index in [0.29, 0.717) is 5.56 Å². The molecule has 0 aromatic heterocycles. The number of carbonyl (C=O) groups excluding carboxylic acids is 3. The van der Waals surface area contributed by atoms with Gasteiger partial charge in [0, 0.05) is 6.42 Å². The first kappa shape index (κ1) is 25.1. The number of esters is 1. The minimum absolute atomic E-state index is 0.106. The van der Waals surface area contributed by atoms with Crippen LogP contribution in [0.15, 0.2) is 18.2 Å². The van der Waals surface area contributed by atoms with Gasteiger partial charge in [0.25, 0.3) is 0 Å². The summed E-state index contributed by atoms with van der Waals surface area (Å²) in [5.41, 5.74) is -0.783. The lowest BCUT2D eigenvalue weighted by Crippen LogP contribution is -2.45. The van der Waals surface area contributed by atoms with E-state index in [4.69, 9.17) is 23.7 Å². The zero-order chi connectivity index (χ0) is 23.1. The van der Waals surface area contributed by atoms with Gasteiger partial charge in [-0.25, -0.2) is 14.4 Å². The summed E-state index contributed by atoms with van der Waals surface area (Å²) < 4.78 is 25.6. The number of hydrogen-bond acceptors (Lipinski definition) is 8. The molecule has 1 amide bonds. The van der Waals surface area contributed by atoms with Crippen molar-refractivity contribution in [2.24, 2.45) is 0 Å². The SMILES string of the molecule is COC(=O)[C@H](Cc1ccc(OC(=O)OC(C)(C)C)c(OC)c1)NC(=O)OC(C)(C)C. The highest BCUT2D eigenvalue weighted by Gasteiger charge is 2.26. The molecular weight excluding hydrogens is 394 g/mol. The maximum absolute atomic E-state index is 12.1. The topological polar surface area (TPSA) is 109 Å². The van der Waals surface area contributed by atoms with Crippen molar-refractivity contribution < 1.29 is 38.1 Å². The fourth-order valence-corrected chi connectivity index (χ4v) is 2.30. The van der Waals surface area contributed by atoms with Gasteiger partial charge in [0.15, 0.2) is 11.5 Å². The van der Waals surface area contributed by atoms with E-state index in [2.05, 4.69) is 5.32 Å². The highest BCUT2D eigenvalue weighted by atomic mass is 16.7. The van der Waals surface area contributed by atoms with Crippen LogP contribution in [0.1, 0.15) is 47.1 Å². The maximum atomic E-state index is 12.1. The van der Waals surface area contributed by atoms with Crippen LogP contribution in [0.2, 0.25) is 0 Å². The molecule has 1 aromatic rings. The fraction of sp³-hybridized carbons (Fsp3) is 0.571. The molecule has 9 nitrogen and oxygen atoms in total. The van der Waals surface area contributed by atoms with E-state index in [0.717, 1.165) is 0 Å². The molecule has 9 heteroatoms. The molecule has 0 unspecified atom stereocenters. The van der Waals surface area contributed by atoms with Gasteiger partial charge in [-0.15, -0.1) is 0 Å². The Balaban J connectivity index is 2.96. The van der Waals surface area contributed by atoms with Crippen molar-refractivity contribution in [1.29, 1.82) is 0 Å². The van der Waals surface area contributed by atoms with Crippen LogP contribution in [-0.4, -0.2) is 49.7 Å². The standard InChI is InChI=1S/C21H31NO8/c1-20(2,3)29-18(24)22-14(17(23)27-8)11-13-9-10-15(16(12-13)26-7)28-19(25)30-21(4,5)6/h9-10,12,14H,11H2,1-8H3,(H,22,24)/t14-/m0/s1. The van der Waals surface area contributed by atoms with Crippen LogP contribution in [0.3, 0.4) is 0 Å². The molecule has 0 aliphatic carbocycles. The van der Waals surface area contributed by atoms with E-state index >= 15 is 0 Å². The highest BCUT2D eigenvalue weighted by molar-refractivity contribution is 5.81. The zero-order valence-electron chi connectivity index (χ0n) is 18.8. The van der Waals surface area contributed by atoms with Crippen LogP contribution in [0.5, 0.6) is 11.5 Å². The minimum Gasteiger partial charge on any atom is -0.493 e. The first-order chi connectivity index (χ1) is 13.7. The van der Waals surface area contributed by atoms with Crippen molar-refractivity contribution >= 4 is 18.2 Å². The number of rotatable bonds is 6. The van der Waals surface area contributed by atoms with E-state index in [1.165, 1.54) is 20.3 Å². The number of hydrogen-bond donors (Lipinski definition) is 1. The summed E-state index contributed by atoms with van der Waals surface area (Å²) in [7, 11) is 2.64. The van der Waals surface area contributed by atoms with Gasteiger partial charge in [-0.3, -0.25) is 0 Å². The Labute approximate surface area is 177 Å². The first-order valence-electron chi connectivity index (χ1n) is 9.39. The van der Waals surface area contributed by atoms with E-state index < -0.39 is 35.5 Å². The Bertz CT molecular complexity index is 761. The molecule has 0 saturated carbocycles. The van der Waals surface area contributed by atoms with Crippen molar-refractivity contribution in [3.8, 4) is 11.5 Å². The Morgan fingerprint density at radius 3 is 2.03 bits per heavy atom. The number of nitrogens with one attached hydrogen (secondary N) is 1. The third kappa shape index (κ3) is 9.02. The van der Waals surface area contributed by atoms with E-state index in [1.807, 2.05) is 0 Å². The van der Waals surface area contributed by atoms with Crippen molar-refractivity contribution in [3.05, 3.63) is 23.8 Å². The summed E-state index contributed by atoms with van der Waals surface area (Å²) in [5, 5.41) is 2.50. The van der Waals surface area contributed by atoms with Crippen LogP contribution in [0, 0.1) is 0 Å². The second-order valence-electron chi connectivity index (χ2n) is 8.48. The van der Waals surface area contributed by atoms with Gasteiger partial charge in [0.2, 0.25) is 0 Å². The maximum Gasteiger partial charge on any atom is 0.514 e.